The minimum atomic E-state index is -0.0868. The van der Waals surface area contributed by atoms with Crippen LogP contribution in [0.2, 0.25) is 0 Å². The summed E-state index contributed by atoms with van der Waals surface area (Å²) in [6.07, 6.45) is 12.1. The molecule has 0 saturated carbocycles. The number of aromatic nitrogens is 2. The van der Waals surface area contributed by atoms with Crippen molar-refractivity contribution in [3.63, 3.8) is 0 Å². The molecule has 2 heterocycles. The van der Waals surface area contributed by atoms with Gasteiger partial charge >= 0.3 is 0 Å². The number of aryl methyl sites for hydroxylation is 1. The molecular weight excluding hydrogens is 262 g/mol. The molecule has 0 aliphatic heterocycles. The fourth-order valence-electron chi connectivity index (χ4n) is 2.49. The van der Waals surface area contributed by atoms with Gasteiger partial charge in [-0.3, -0.25) is 4.79 Å². The van der Waals surface area contributed by atoms with E-state index in [4.69, 9.17) is 0 Å². The van der Waals surface area contributed by atoms with Crippen LogP contribution in [0.15, 0.2) is 49.1 Å². The summed E-state index contributed by atoms with van der Waals surface area (Å²) in [7, 11) is 0. The van der Waals surface area contributed by atoms with Crippen LogP contribution >= 0.6 is 0 Å². The van der Waals surface area contributed by atoms with E-state index in [1.165, 1.54) is 0 Å². The van der Waals surface area contributed by atoms with E-state index in [1.54, 1.807) is 0 Å². The monoisotopic (exact) mass is 287 g/mol. The van der Waals surface area contributed by atoms with Crippen LogP contribution in [-0.2, 0) is 11.3 Å². The van der Waals surface area contributed by atoms with Crippen LogP contribution in [0.3, 0.4) is 0 Å². The quantitative estimate of drug-likeness (QED) is 0.707. The maximum Gasteiger partial charge on any atom is 0.243 e. The molecule has 0 fully saturated rings. The van der Waals surface area contributed by atoms with Gasteiger partial charge in [0.15, 0.2) is 0 Å². The summed E-state index contributed by atoms with van der Waals surface area (Å²) in [5.41, 5.74) is 0. The molecule has 4 heteroatoms. The van der Waals surface area contributed by atoms with Gasteiger partial charge < -0.3 is 14.5 Å². The molecule has 0 bridgehead atoms. The number of nitrogens with one attached hydrogen (secondary N) is 1. The van der Waals surface area contributed by atoms with Gasteiger partial charge in [-0.1, -0.05) is 6.92 Å². The Kier molecular flexibility index (Phi) is 6.13. The summed E-state index contributed by atoms with van der Waals surface area (Å²) in [4.78, 5) is 12.3. The van der Waals surface area contributed by atoms with Crippen molar-refractivity contribution in [2.45, 2.75) is 45.2 Å². The van der Waals surface area contributed by atoms with Gasteiger partial charge in [0.1, 0.15) is 6.04 Å². The molecule has 0 saturated heterocycles. The maximum atomic E-state index is 12.3. The molecule has 1 amide bonds. The van der Waals surface area contributed by atoms with Crippen molar-refractivity contribution in [3.05, 3.63) is 49.1 Å². The predicted molar refractivity (Wildman–Crippen MR) is 85.1 cm³/mol. The number of hydrogen-bond donors (Lipinski definition) is 1. The van der Waals surface area contributed by atoms with Gasteiger partial charge in [0, 0.05) is 37.9 Å². The molecule has 4 nitrogen and oxygen atoms in total. The molecule has 0 radical (unpaired) electrons. The van der Waals surface area contributed by atoms with Crippen LogP contribution < -0.4 is 5.32 Å². The van der Waals surface area contributed by atoms with Gasteiger partial charge in [-0.15, -0.1) is 0 Å². The van der Waals surface area contributed by atoms with Crippen molar-refractivity contribution in [2.24, 2.45) is 0 Å². The van der Waals surface area contributed by atoms with Gasteiger partial charge in [-0.2, -0.15) is 0 Å². The number of carbonyl (C=O) groups is 1. The molecule has 1 atom stereocenters. The van der Waals surface area contributed by atoms with Crippen molar-refractivity contribution >= 4 is 5.91 Å². The van der Waals surface area contributed by atoms with Gasteiger partial charge in [0.2, 0.25) is 5.91 Å². The lowest BCUT2D eigenvalue weighted by atomic mass is 10.1. The summed E-state index contributed by atoms with van der Waals surface area (Å²) < 4.78 is 4.20. The van der Waals surface area contributed by atoms with Gasteiger partial charge in [0.05, 0.1) is 0 Å². The fourth-order valence-corrected chi connectivity index (χ4v) is 2.49. The van der Waals surface area contributed by atoms with Crippen molar-refractivity contribution in [1.82, 2.24) is 14.5 Å². The molecule has 21 heavy (non-hydrogen) atoms. The third-order valence-electron chi connectivity index (χ3n) is 3.65. The molecular formula is C17H25N3O. The molecule has 0 aliphatic carbocycles. The topological polar surface area (TPSA) is 39.0 Å². The van der Waals surface area contributed by atoms with E-state index in [2.05, 4.69) is 29.2 Å². The zero-order chi connectivity index (χ0) is 14.9. The second-order valence-electron chi connectivity index (χ2n) is 5.35. The van der Waals surface area contributed by atoms with E-state index >= 15 is 0 Å². The Labute approximate surface area is 126 Å². The Bertz CT molecular complexity index is 502. The van der Waals surface area contributed by atoms with E-state index in [-0.39, 0.29) is 11.9 Å². The average molecular weight is 287 g/mol. The van der Waals surface area contributed by atoms with Crippen molar-refractivity contribution in [1.29, 1.82) is 0 Å². The Hall–Kier alpha value is -1.97. The van der Waals surface area contributed by atoms with Crippen LogP contribution in [0, 0.1) is 0 Å². The first-order chi connectivity index (χ1) is 10.3. The van der Waals surface area contributed by atoms with Crippen LogP contribution in [-0.4, -0.2) is 21.6 Å². The number of carbonyl (C=O) groups excluding carboxylic acids is 1. The molecule has 0 spiro atoms. The predicted octanol–water partition coefficient (Wildman–Crippen LogP) is 3.23. The molecule has 1 N–H and O–H groups in total. The lowest BCUT2D eigenvalue weighted by molar-refractivity contribution is -0.124. The van der Waals surface area contributed by atoms with Crippen LogP contribution in [0.5, 0.6) is 0 Å². The lowest BCUT2D eigenvalue weighted by Crippen LogP contribution is -2.32. The second kappa shape index (κ2) is 8.35. The highest BCUT2D eigenvalue weighted by Crippen LogP contribution is 2.16. The zero-order valence-corrected chi connectivity index (χ0v) is 12.7. The van der Waals surface area contributed by atoms with Crippen molar-refractivity contribution < 1.29 is 4.79 Å². The standard InChI is InChI=1S/C17H25N3O/c1-2-10-18-17(21)16(20-14-7-8-15-20)9-3-4-11-19-12-5-6-13-19/h5-8,12-16H,2-4,9-11H2,1H3,(H,18,21)/t16-/m1/s1. The van der Waals surface area contributed by atoms with E-state index in [0.717, 1.165) is 38.8 Å². The normalized spacial score (nSPS) is 12.2. The van der Waals surface area contributed by atoms with Crippen LogP contribution in [0.4, 0.5) is 0 Å². The van der Waals surface area contributed by atoms with Crippen molar-refractivity contribution in [2.75, 3.05) is 6.54 Å². The summed E-state index contributed by atoms with van der Waals surface area (Å²) in [6.45, 7) is 3.84. The molecule has 2 aromatic heterocycles. The number of rotatable bonds is 9. The Morgan fingerprint density at radius 3 is 2.38 bits per heavy atom. The largest absolute Gasteiger partial charge is 0.354 e. The number of hydrogen-bond acceptors (Lipinski definition) is 1. The van der Waals surface area contributed by atoms with Gasteiger partial charge in [-0.05, 0) is 49.9 Å². The molecule has 0 aliphatic rings. The number of unbranched alkanes of at least 4 members (excludes halogenated alkanes) is 1. The first-order valence-electron chi connectivity index (χ1n) is 7.82. The van der Waals surface area contributed by atoms with Crippen molar-refractivity contribution in [3.8, 4) is 0 Å². The van der Waals surface area contributed by atoms with Gasteiger partial charge in [-0.25, -0.2) is 0 Å². The highest BCUT2D eigenvalue weighted by atomic mass is 16.2. The fraction of sp³-hybridized carbons (Fsp3) is 0.471. The minimum Gasteiger partial charge on any atom is -0.354 e. The summed E-state index contributed by atoms with van der Waals surface area (Å²) >= 11 is 0. The van der Waals surface area contributed by atoms with E-state index in [9.17, 15) is 4.79 Å². The molecule has 0 unspecified atom stereocenters. The summed E-state index contributed by atoms with van der Waals surface area (Å²) in [6, 6.07) is 7.94. The summed E-state index contributed by atoms with van der Waals surface area (Å²) in [5.74, 6) is 0.133. The average Bonchev–Trinajstić information content (AvgIpc) is 3.17. The Balaban J connectivity index is 1.82. The second-order valence-corrected chi connectivity index (χ2v) is 5.35. The Morgan fingerprint density at radius 2 is 1.71 bits per heavy atom. The van der Waals surface area contributed by atoms with E-state index in [1.807, 2.05) is 41.2 Å². The lowest BCUT2D eigenvalue weighted by Gasteiger charge is -2.18. The smallest absolute Gasteiger partial charge is 0.243 e. The van der Waals surface area contributed by atoms with Crippen LogP contribution in [0.25, 0.3) is 0 Å². The minimum absolute atomic E-state index is 0.0868. The third-order valence-corrected chi connectivity index (χ3v) is 3.65. The summed E-state index contributed by atoms with van der Waals surface area (Å²) in [5, 5.41) is 3.01. The highest BCUT2D eigenvalue weighted by molar-refractivity contribution is 5.80. The first kappa shape index (κ1) is 15.4. The maximum absolute atomic E-state index is 12.3. The molecule has 2 rings (SSSR count). The Morgan fingerprint density at radius 1 is 1.05 bits per heavy atom. The molecule has 0 aromatic carbocycles. The molecule has 114 valence electrons. The highest BCUT2D eigenvalue weighted by Gasteiger charge is 2.18. The van der Waals surface area contributed by atoms with Crippen LogP contribution in [0.1, 0.15) is 38.6 Å². The van der Waals surface area contributed by atoms with E-state index < -0.39 is 0 Å². The molecule has 2 aromatic rings. The number of amides is 1. The van der Waals surface area contributed by atoms with Gasteiger partial charge in [0.25, 0.3) is 0 Å². The third kappa shape index (κ3) is 4.81. The number of nitrogens with zero attached hydrogens (tertiary/aromatic N) is 2. The SMILES string of the molecule is CCCNC(=O)[C@@H](CCCCn1cccc1)n1cccc1. The van der Waals surface area contributed by atoms with E-state index in [0.29, 0.717) is 0 Å². The zero-order valence-electron chi connectivity index (χ0n) is 12.7. The first-order valence-corrected chi connectivity index (χ1v) is 7.82.